The number of carbonyl (C=O) groups is 1. The highest BCUT2D eigenvalue weighted by molar-refractivity contribution is 5.75. The summed E-state index contributed by atoms with van der Waals surface area (Å²) in [5.74, 6) is 2.47. The standard InChI is InChI=1S/C21H27NO4/c1-16-6-4-7-17(2)21(16)26-15-13-22-20(23)8-5-14-25-19-11-9-18(24-3)10-12-19/h4,6-7,9-12H,5,8,13-15H2,1-3H3,(H,22,23). The van der Waals surface area contributed by atoms with Gasteiger partial charge in [0.25, 0.3) is 0 Å². The molecule has 0 aliphatic heterocycles. The fourth-order valence-electron chi connectivity index (χ4n) is 2.55. The third-order valence-electron chi connectivity index (χ3n) is 3.96. The molecule has 0 atom stereocenters. The lowest BCUT2D eigenvalue weighted by molar-refractivity contribution is -0.121. The summed E-state index contributed by atoms with van der Waals surface area (Å²) in [6, 6.07) is 13.4. The van der Waals surface area contributed by atoms with E-state index < -0.39 is 0 Å². The second-order valence-corrected chi connectivity index (χ2v) is 6.05. The normalized spacial score (nSPS) is 10.3. The van der Waals surface area contributed by atoms with Crippen LogP contribution < -0.4 is 19.5 Å². The molecule has 0 aliphatic rings. The molecule has 26 heavy (non-hydrogen) atoms. The molecule has 0 spiro atoms. The SMILES string of the molecule is COc1ccc(OCCCC(=O)NCCOc2c(C)cccc2C)cc1. The van der Waals surface area contributed by atoms with E-state index >= 15 is 0 Å². The molecule has 0 saturated heterocycles. The highest BCUT2D eigenvalue weighted by Crippen LogP contribution is 2.22. The average Bonchev–Trinajstić information content (AvgIpc) is 2.64. The van der Waals surface area contributed by atoms with Crippen molar-refractivity contribution in [3.63, 3.8) is 0 Å². The van der Waals surface area contributed by atoms with Crippen LogP contribution in [0.3, 0.4) is 0 Å². The van der Waals surface area contributed by atoms with Crippen molar-refractivity contribution in [2.24, 2.45) is 0 Å². The highest BCUT2D eigenvalue weighted by Gasteiger charge is 2.04. The molecule has 5 heteroatoms. The van der Waals surface area contributed by atoms with Crippen LogP contribution in [0.4, 0.5) is 0 Å². The number of benzene rings is 2. The highest BCUT2D eigenvalue weighted by atomic mass is 16.5. The number of ether oxygens (including phenoxy) is 3. The fraction of sp³-hybridized carbons (Fsp3) is 0.381. The van der Waals surface area contributed by atoms with Gasteiger partial charge in [-0.2, -0.15) is 0 Å². The van der Waals surface area contributed by atoms with E-state index in [2.05, 4.69) is 5.32 Å². The molecule has 0 fully saturated rings. The number of aryl methyl sites for hydroxylation is 2. The van der Waals surface area contributed by atoms with Gasteiger partial charge in [-0.05, 0) is 55.7 Å². The summed E-state index contributed by atoms with van der Waals surface area (Å²) in [6.45, 7) is 5.48. The number of para-hydroxylation sites is 1. The maximum atomic E-state index is 11.8. The number of carbonyl (C=O) groups excluding carboxylic acids is 1. The molecule has 0 heterocycles. The second kappa shape index (κ2) is 10.3. The molecule has 2 aromatic carbocycles. The van der Waals surface area contributed by atoms with Gasteiger partial charge < -0.3 is 19.5 Å². The largest absolute Gasteiger partial charge is 0.497 e. The van der Waals surface area contributed by atoms with Gasteiger partial charge in [-0.1, -0.05) is 18.2 Å². The van der Waals surface area contributed by atoms with Crippen LogP contribution in [0.15, 0.2) is 42.5 Å². The lowest BCUT2D eigenvalue weighted by Gasteiger charge is -2.12. The predicted molar refractivity (Wildman–Crippen MR) is 102 cm³/mol. The Balaban J connectivity index is 1.57. The van der Waals surface area contributed by atoms with Crippen LogP contribution >= 0.6 is 0 Å². The first kappa shape index (κ1) is 19.6. The molecule has 2 aromatic rings. The summed E-state index contributed by atoms with van der Waals surface area (Å²) >= 11 is 0. The van der Waals surface area contributed by atoms with Gasteiger partial charge in [-0.25, -0.2) is 0 Å². The van der Waals surface area contributed by atoms with Crippen LogP contribution in [0.5, 0.6) is 17.2 Å². The lowest BCUT2D eigenvalue weighted by atomic mass is 10.1. The topological polar surface area (TPSA) is 56.8 Å². The first-order valence-corrected chi connectivity index (χ1v) is 8.82. The summed E-state index contributed by atoms with van der Waals surface area (Å²) in [5.41, 5.74) is 2.21. The van der Waals surface area contributed by atoms with E-state index in [4.69, 9.17) is 14.2 Å². The fourth-order valence-corrected chi connectivity index (χ4v) is 2.55. The van der Waals surface area contributed by atoms with Crippen LogP contribution in [0.25, 0.3) is 0 Å². The predicted octanol–water partition coefficient (Wildman–Crippen LogP) is 3.67. The third-order valence-corrected chi connectivity index (χ3v) is 3.96. The van der Waals surface area contributed by atoms with Crippen molar-refractivity contribution in [1.82, 2.24) is 5.32 Å². The molecule has 2 rings (SSSR count). The van der Waals surface area contributed by atoms with Gasteiger partial charge in [-0.15, -0.1) is 0 Å². The van der Waals surface area contributed by atoms with E-state index in [1.54, 1.807) is 7.11 Å². The maximum absolute atomic E-state index is 11.8. The summed E-state index contributed by atoms with van der Waals surface area (Å²) in [7, 11) is 1.63. The van der Waals surface area contributed by atoms with E-state index in [1.807, 2.05) is 56.3 Å². The smallest absolute Gasteiger partial charge is 0.220 e. The number of rotatable bonds is 10. The van der Waals surface area contributed by atoms with E-state index in [0.717, 1.165) is 28.4 Å². The van der Waals surface area contributed by atoms with Crippen LogP contribution in [-0.4, -0.2) is 32.8 Å². The third kappa shape index (κ3) is 6.31. The van der Waals surface area contributed by atoms with Crippen molar-refractivity contribution in [2.75, 3.05) is 26.9 Å². The Bertz CT molecular complexity index is 677. The van der Waals surface area contributed by atoms with Crippen LogP contribution in [0, 0.1) is 13.8 Å². The molecule has 0 saturated carbocycles. The van der Waals surface area contributed by atoms with E-state index in [-0.39, 0.29) is 5.91 Å². The zero-order valence-electron chi connectivity index (χ0n) is 15.7. The quantitative estimate of drug-likeness (QED) is 0.659. The number of amides is 1. The molecule has 140 valence electrons. The molecule has 1 N–H and O–H groups in total. The van der Waals surface area contributed by atoms with Gasteiger partial charge in [0.1, 0.15) is 23.9 Å². The minimum atomic E-state index is 0.00781. The summed E-state index contributed by atoms with van der Waals surface area (Å²) in [5, 5.41) is 2.87. The molecule has 0 radical (unpaired) electrons. The average molecular weight is 357 g/mol. The molecular weight excluding hydrogens is 330 g/mol. The van der Waals surface area contributed by atoms with Crippen molar-refractivity contribution >= 4 is 5.91 Å². The van der Waals surface area contributed by atoms with Gasteiger partial charge >= 0.3 is 0 Å². The Morgan fingerprint density at radius 2 is 1.58 bits per heavy atom. The first-order valence-electron chi connectivity index (χ1n) is 8.82. The number of hydrogen-bond acceptors (Lipinski definition) is 4. The molecule has 0 unspecified atom stereocenters. The Labute approximate surface area is 155 Å². The Hall–Kier alpha value is -2.69. The number of hydrogen-bond donors (Lipinski definition) is 1. The summed E-state index contributed by atoms with van der Waals surface area (Å²) in [4.78, 5) is 11.8. The number of nitrogens with one attached hydrogen (secondary N) is 1. The summed E-state index contributed by atoms with van der Waals surface area (Å²) in [6.07, 6.45) is 1.09. The minimum Gasteiger partial charge on any atom is -0.497 e. The molecule has 5 nitrogen and oxygen atoms in total. The molecular formula is C21H27NO4. The Kier molecular flexibility index (Phi) is 7.80. The van der Waals surface area contributed by atoms with Gasteiger partial charge in [0.2, 0.25) is 5.91 Å². The van der Waals surface area contributed by atoms with Crippen molar-refractivity contribution in [3.8, 4) is 17.2 Å². The molecule has 0 bridgehead atoms. The van der Waals surface area contributed by atoms with E-state index in [9.17, 15) is 4.79 Å². The number of methoxy groups -OCH3 is 1. The zero-order chi connectivity index (χ0) is 18.8. The van der Waals surface area contributed by atoms with E-state index in [0.29, 0.717) is 32.6 Å². The monoisotopic (exact) mass is 357 g/mol. The minimum absolute atomic E-state index is 0.00781. The van der Waals surface area contributed by atoms with Crippen molar-refractivity contribution in [3.05, 3.63) is 53.6 Å². The van der Waals surface area contributed by atoms with Crippen molar-refractivity contribution in [1.29, 1.82) is 0 Å². The van der Waals surface area contributed by atoms with Gasteiger partial charge in [-0.3, -0.25) is 4.79 Å². The second-order valence-electron chi connectivity index (χ2n) is 6.05. The molecule has 1 amide bonds. The van der Waals surface area contributed by atoms with E-state index in [1.165, 1.54) is 0 Å². The van der Waals surface area contributed by atoms with Crippen LogP contribution in [0.2, 0.25) is 0 Å². The maximum Gasteiger partial charge on any atom is 0.220 e. The van der Waals surface area contributed by atoms with Crippen LogP contribution in [0.1, 0.15) is 24.0 Å². The first-order chi connectivity index (χ1) is 12.6. The van der Waals surface area contributed by atoms with Gasteiger partial charge in [0, 0.05) is 6.42 Å². The Morgan fingerprint density at radius 3 is 2.23 bits per heavy atom. The molecule has 0 aliphatic carbocycles. The van der Waals surface area contributed by atoms with Gasteiger partial charge in [0.15, 0.2) is 0 Å². The zero-order valence-corrected chi connectivity index (χ0v) is 15.7. The summed E-state index contributed by atoms with van der Waals surface area (Å²) < 4.78 is 16.5. The Morgan fingerprint density at radius 1 is 0.923 bits per heavy atom. The van der Waals surface area contributed by atoms with Crippen molar-refractivity contribution in [2.45, 2.75) is 26.7 Å². The van der Waals surface area contributed by atoms with Crippen LogP contribution in [-0.2, 0) is 4.79 Å². The molecule has 0 aromatic heterocycles. The van der Waals surface area contributed by atoms with Gasteiger partial charge in [0.05, 0.1) is 20.3 Å². The van der Waals surface area contributed by atoms with Crippen molar-refractivity contribution < 1.29 is 19.0 Å². The lowest BCUT2D eigenvalue weighted by Crippen LogP contribution is -2.28.